The van der Waals surface area contributed by atoms with Crippen molar-refractivity contribution in [2.24, 2.45) is 0 Å². The minimum Gasteiger partial charge on any atom is -0.504 e. The second kappa shape index (κ2) is 18.5. The highest BCUT2D eigenvalue weighted by Gasteiger charge is 2.31. The zero-order chi connectivity index (χ0) is 36.7. The van der Waals surface area contributed by atoms with Crippen LogP contribution < -0.4 is 21.3 Å². The third-order valence-corrected chi connectivity index (χ3v) is 8.02. The Kier molecular flexibility index (Phi) is 14.2. The average Bonchev–Trinajstić information content (AvgIpc) is 3.09. The van der Waals surface area contributed by atoms with Crippen LogP contribution in [0.5, 0.6) is 34.5 Å². The summed E-state index contributed by atoms with van der Waals surface area (Å²) in [4.78, 5) is 62.0. The fourth-order valence-corrected chi connectivity index (χ4v) is 5.43. The molecular formula is C35H42N4O11. The molecule has 3 aromatic rings. The van der Waals surface area contributed by atoms with Crippen molar-refractivity contribution in [3.63, 3.8) is 0 Å². The normalized spacial score (nSPS) is 11.0. The van der Waals surface area contributed by atoms with Crippen LogP contribution in [0, 0.1) is 0 Å². The molecule has 50 heavy (non-hydrogen) atoms. The summed E-state index contributed by atoms with van der Waals surface area (Å²) < 4.78 is 0. The largest absolute Gasteiger partial charge is 0.504 e. The lowest BCUT2D eigenvalue weighted by Gasteiger charge is -2.36. The van der Waals surface area contributed by atoms with Crippen LogP contribution in [0.15, 0.2) is 54.6 Å². The lowest BCUT2D eigenvalue weighted by molar-refractivity contribution is -0.124. The predicted molar refractivity (Wildman–Crippen MR) is 180 cm³/mol. The van der Waals surface area contributed by atoms with Crippen LogP contribution >= 0.6 is 0 Å². The Labute approximate surface area is 288 Å². The SMILES string of the molecule is O=CCCC(=O)NC(CCCNC(=O)c1cccc(O)c1O)(CCCNC(=O)c1cccc(O)c1O)CCCNC(=O)c1cccc(O)c1O. The molecule has 0 saturated carbocycles. The summed E-state index contributed by atoms with van der Waals surface area (Å²) >= 11 is 0. The van der Waals surface area contributed by atoms with Crippen molar-refractivity contribution < 1.29 is 54.6 Å². The number of rotatable bonds is 19. The number of hydrogen-bond donors (Lipinski definition) is 10. The number of benzene rings is 3. The maximum absolute atomic E-state index is 13.0. The molecule has 3 rings (SSSR count). The van der Waals surface area contributed by atoms with Gasteiger partial charge < -0.3 is 56.7 Å². The van der Waals surface area contributed by atoms with Gasteiger partial charge in [-0.1, -0.05) is 18.2 Å². The molecule has 0 aliphatic carbocycles. The van der Waals surface area contributed by atoms with Gasteiger partial charge in [0.2, 0.25) is 5.91 Å². The number of nitrogens with one attached hydrogen (secondary N) is 4. The van der Waals surface area contributed by atoms with Crippen LogP contribution in [0.2, 0.25) is 0 Å². The molecule has 0 aliphatic heterocycles. The third-order valence-electron chi connectivity index (χ3n) is 8.02. The van der Waals surface area contributed by atoms with Crippen LogP contribution in [0.25, 0.3) is 0 Å². The summed E-state index contributed by atoms with van der Waals surface area (Å²) in [6, 6.07) is 12.0. The molecular weight excluding hydrogens is 652 g/mol. The van der Waals surface area contributed by atoms with Gasteiger partial charge in [0, 0.05) is 38.0 Å². The van der Waals surface area contributed by atoms with E-state index in [9.17, 15) is 54.6 Å². The van der Waals surface area contributed by atoms with Crippen molar-refractivity contribution in [2.75, 3.05) is 19.6 Å². The second-order valence-corrected chi connectivity index (χ2v) is 11.6. The topological polar surface area (TPSA) is 255 Å². The van der Waals surface area contributed by atoms with Crippen molar-refractivity contribution in [1.82, 2.24) is 21.3 Å². The number of aromatic hydroxyl groups is 6. The lowest BCUT2D eigenvalue weighted by atomic mass is 9.83. The van der Waals surface area contributed by atoms with Crippen LogP contribution in [-0.2, 0) is 9.59 Å². The van der Waals surface area contributed by atoms with Crippen molar-refractivity contribution in [3.05, 3.63) is 71.3 Å². The highest BCUT2D eigenvalue weighted by atomic mass is 16.3. The molecule has 0 aliphatic rings. The first kappa shape index (κ1) is 38.5. The van der Waals surface area contributed by atoms with Gasteiger partial charge in [-0.25, -0.2) is 0 Å². The quantitative estimate of drug-likeness (QED) is 0.0496. The predicted octanol–water partition coefficient (Wildman–Crippen LogP) is 2.68. The van der Waals surface area contributed by atoms with Crippen LogP contribution in [0.3, 0.4) is 0 Å². The van der Waals surface area contributed by atoms with Crippen molar-refractivity contribution in [1.29, 1.82) is 0 Å². The summed E-state index contributed by atoms with van der Waals surface area (Å²) in [5.74, 6) is -5.35. The summed E-state index contributed by atoms with van der Waals surface area (Å²) in [7, 11) is 0. The van der Waals surface area contributed by atoms with E-state index in [0.29, 0.717) is 44.8 Å². The molecule has 0 aromatic heterocycles. The smallest absolute Gasteiger partial charge is 0.255 e. The Bertz CT molecular complexity index is 1510. The molecule has 0 unspecified atom stereocenters. The summed E-state index contributed by atoms with van der Waals surface area (Å²) in [6.07, 6.45) is 2.40. The van der Waals surface area contributed by atoms with Crippen LogP contribution in [0.1, 0.15) is 82.4 Å². The molecule has 0 atom stereocenters. The Hall–Kier alpha value is -5.99. The highest BCUT2D eigenvalue weighted by Crippen LogP contribution is 2.31. The fourth-order valence-electron chi connectivity index (χ4n) is 5.43. The number of hydrogen-bond acceptors (Lipinski definition) is 11. The van der Waals surface area contributed by atoms with E-state index in [1.165, 1.54) is 54.6 Å². The second-order valence-electron chi connectivity index (χ2n) is 11.6. The van der Waals surface area contributed by atoms with Gasteiger partial charge in [-0.05, 0) is 74.9 Å². The molecule has 15 nitrogen and oxygen atoms in total. The Morgan fingerprint density at radius 3 is 1.22 bits per heavy atom. The van der Waals surface area contributed by atoms with Gasteiger partial charge in [-0.3, -0.25) is 19.2 Å². The molecule has 268 valence electrons. The number of amides is 4. The standard InChI is InChI=1S/C35H42N4O11/c40-21-4-14-28(44)39-35(15-5-18-36-32(48)22-8-1-11-25(41)29(22)45,16-6-19-37-33(49)23-9-2-12-26(42)30(23)46)17-7-20-38-34(50)24-10-3-13-27(43)31(24)47/h1-3,8-13,21,41-43,45-47H,4-7,14-20H2,(H,36,48)(H,37,49)(H,38,50)(H,39,44). The van der Waals surface area contributed by atoms with E-state index in [4.69, 9.17) is 0 Å². The van der Waals surface area contributed by atoms with Crippen molar-refractivity contribution >= 4 is 29.9 Å². The van der Waals surface area contributed by atoms with Crippen LogP contribution in [-0.4, -0.2) is 85.7 Å². The maximum atomic E-state index is 13.0. The first-order valence-corrected chi connectivity index (χ1v) is 16.0. The number of carbonyl (C=O) groups is 5. The number of aldehydes is 1. The van der Waals surface area contributed by atoms with E-state index in [-0.39, 0.29) is 49.2 Å². The summed E-state index contributed by atoms with van der Waals surface area (Å²) in [6.45, 7) is 0.336. The van der Waals surface area contributed by atoms with Crippen molar-refractivity contribution in [3.8, 4) is 34.5 Å². The third kappa shape index (κ3) is 10.8. The van der Waals surface area contributed by atoms with E-state index in [2.05, 4.69) is 21.3 Å². The molecule has 4 amide bonds. The molecule has 0 bridgehead atoms. The first-order valence-electron chi connectivity index (χ1n) is 16.0. The monoisotopic (exact) mass is 694 g/mol. The van der Waals surface area contributed by atoms with Gasteiger partial charge in [-0.2, -0.15) is 0 Å². The molecule has 10 N–H and O–H groups in total. The first-order chi connectivity index (χ1) is 23.9. The van der Waals surface area contributed by atoms with Gasteiger partial charge in [0.05, 0.1) is 16.7 Å². The van der Waals surface area contributed by atoms with E-state index >= 15 is 0 Å². The fraction of sp³-hybridized carbons (Fsp3) is 0.343. The van der Waals surface area contributed by atoms with Gasteiger partial charge in [0.25, 0.3) is 17.7 Å². The van der Waals surface area contributed by atoms with E-state index in [1.807, 2.05) is 0 Å². The number of carbonyl (C=O) groups excluding carboxylic acids is 5. The van der Waals surface area contributed by atoms with E-state index in [0.717, 1.165) is 0 Å². The summed E-state index contributed by atoms with van der Waals surface area (Å²) in [5.41, 5.74) is -1.32. The van der Waals surface area contributed by atoms with E-state index < -0.39 is 63.7 Å². The van der Waals surface area contributed by atoms with Gasteiger partial charge in [-0.15, -0.1) is 0 Å². The minimum absolute atomic E-state index is 0.0155. The van der Waals surface area contributed by atoms with Crippen LogP contribution in [0.4, 0.5) is 0 Å². The van der Waals surface area contributed by atoms with Gasteiger partial charge in [0.15, 0.2) is 34.5 Å². The maximum Gasteiger partial charge on any atom is 0.255 e. The molecule has 0 fully saturated rings. The van der Waals surface area contributed by atoms with Crippen molar-refractivity contribution in [2.45, 2.75) is 56.9 Å². The zero-order valence-corrected chi connectivity index (χ0v) is 27.3. The zero-order valence-electron chi connectivity index (χ0n) is 27.3. The average molecular weight is 695 g/mol. The minimum atomic E-state index is -0.951. The van der Waals surface area contributed by atoms with Gasteiger partial charge in [0.1, 0.15) is 6.29 Å². The highest BCUT2D eigenvalue weighted by molar-refractivity contribution is 5.98. The number of phenolic OH excluding ortho intramolecular Hbond substituents is 6. The molecule has 0 saturated heterocycles. The van der Waals surface area contributed by atoms with E-state index in [1.54, 1.807) is 0 Å². The molecule has 15 heteroatoms. The number of para-hydroxylation sites is 3. The molecule has 3 aromatic carbocycles. The Morgan fingerprint density at radius 1 is 0.560 bits per heavy atom. The summed E-state index contributed by atoms with van der Waals surface area (Å²) in [5, 5.41) is 70.4. The van der Waals surface area contributed by atoms with Gasteiger partial charge >= 0.3 is 0 Å². The molecule has 0 spiro atoms. The molecule has 0 heterocycles. The number of phenols is 6. The Morgan fingerprint density at radius 2 is 0.900 bits per heavy atom. The Balaban J connectivity index is 1.73. The molecule has 0 radical (unpaired) electrons. The lowest BCUT2D eigenvalue weighted by Crippen LogP contribution is -2.49.